The smallest absolute Gasteiger partial charge is 0.235 e. The summed E-state index contributed by atoms with van der Waals surface area (Å²) in [5.74, 6) is 1.35. The highest BCUT2D eigenvalue weighted by atomic mass is 127. The lowest BCUT2D eigenvalue weighted by molar-refractivity contribution is 0.458. The van der Waals surface area contributed by atoms with Gasteiger partial charge in [-0.2, -0.15) is 0 Å². The quantitative estimate of drug-likeness (QED) is 0.552. The molecule has 0 atom stereocenters. The van der Waals surface area contributed by atoms with E-state index in [2.05, 4.69) is 60.6 Å². The lowest BCUT2D eigenvalue weighted by Gasteiger charge is -2.07. The summed E-state index contributed by atoms with van der Waals surface area (Å²) < 4.78 is 7.73. The first-order valence-electron chi connectivity index (χ1n) is 5.55. The second-order valence-corrected chi connectivity index (χ2v) is 6.01. The van der Waals surface area contributed by atoms with Crippen molar-refractivity contribution in [2.75, 3.05) is 0 Å². The number of nitrogens with zero attached hydrogens (tertiary/aromatic N) is 2. The molecule has 3 nitrogen and oxygen atoms in total. The summed E-state index contributed by atoms with van der Waals surface area (Å²) in [7, 11) is 0. The topological polar surface area (TPSA) is 35.0 Å². The molecule has 3 rings (SSSR count). The number of halogens is 2. The number of hydrogen-bond donors (Lipinski definition) is 0. The SMILES string of the molecule is Brc1ccc2cc(Oc3ncncc3I)ccc2c1. The molecule has 2 aromatic carbocycles. The number of fused-ring (bicyclic) bond motifs is 1. The second kappa shape index (κ2) is 5.42. The highest BCUT2D eigenvalue weighted by molar-refractivity contribution is 14.1. The maximum atomic E-state index is 5.78. The van der Waals surface area contributed by atoms with E-state index in [-0.39, 0.29) is 0 Å². The third-order valence-electron chi connectivity index (χ3n) is 2.62. The number of ether oxygens (including phenoxy) is 1. The Bertz CT molecular complexity index is 748. The molecule has 0 spiro atoms. The fraction of sp³-hybridized carbons (Fsp3) is 0. The van der Waals surface area contributed by atoms with Crippen molar-refractivity contribution in [3.05, 3.63) is 57.0 Å². The molecule has 19 heavy (non-hydrogen) atoms. The van der Waals surface area contributed by atoms with Crippen LogP contribution >= 0.6 is 38.5 Å². The van der Waals surface area contributed by atoms with E-state index >= 15 is 0 Å². The molecular formula is C14H8BrIN2O. The van der Waals surface area contributed by atoms with Crippen LogP contribution in [0, 0.1) is 3.57 Å². The minimum absolute atomic E-state index is 0.576. The van der Waals surface area contributed by atoms with Crippen molar-refractivity contribution < 1.29 is 4.74 Å². The Labute approximate surface area is 132 Å². The molecule has 0 saturated carbocycles. The standard InChI is InChI=1S/C14H8BrIN2O/c15-11-3-1-10-6-12(4-2-9(10)5-11)19-14-13(16)7-17-8-18-14/h1-8H. The Kier molecular flexibility index (Phi) is 3.65. The number of benzene rings is 2. The molecule has 0 N–H and O–H groups in total. The average molecular weight is 427 g/mol. The first-order chi connectivity index (χ1) is 9.22. The van der Waals surface area contributed by atoms with Gasteiger partial charge in [0.25, 0.3) is 0 Å². The normalized spacial score (nSPS) is 10.6. The maximum Gasteiger partial charge on any atom is 0.235 e. The average Bonchev–Trinajstić information content (AvgIpc) is 2.41. The van der Waals surface area contributed by atoms with Crippen LogP contribution in [0.5, 0.6) is 11.6 Å². The highest BCUT2D eigenvalue weighted by Crippen LogP contribution is 2.28. The van der Waals surface area contributed by atoms with E-state index in [1.54, 1.807) is 6.20 Å². The Morgan fingerprint density at radius 3 is 2.68 bits per heavy atom. The summed E-state index contributed by atoms with van der Waals surface area (Å²) in [6.07, 6.45) is 3.21. The molecule has 0 radical (unpaired) electrons. The van der Waals surface area contributed by atoms with E-state index in [4.69, 9.17) is 4.74 Å². The third-order valence-corrected chi connectivity index (χ3v) is 3.86. The molecule has 1 heterocycles. The van der Waals surface area contributed by atoms with Crippen molar-refractivity contribution in [3.8, 4) is 11.6 Å². The van der Waals surface area contributed by atoms with E-state index in [1.807, 2.05) is 24.3 Å². The van der Waals surface area contributed by atoms with Gasteiger partial charge < -0.3 is 4.74 Å². The van der Waals surface area contributed by atoms with Gasteiger partial charge in [-0.15, -0.1) is 0 Å². The molecule has 0 aliphatic heterocycles. The Hall–Kier alpha value is -1.21. The zero-order valence-corrected chi connectivity index (χ0v) is 13.4. The molecule has 3 aromatic rings. The van der Waals surface area contributed by atoms with Crippen LogP contribution in [0.25, 0.3) is 10.8 Å². The van der Waals surface area contributed by atoms with Gasteiger partial charge in [-0.05, 0) is 57.6 Å². The van der Waals surface area contributed by atoms with Crippen LogP contribution in [0.1, 0.15) is 0 Å². The number of hydrogen-bond acceptors (Lipinski definition) is 3. The van der Waals surface area contributed by atoms with Gasteiger partial charge in [0.05, 0.1) is 3.57 Å². The molecule has 0 aliphatic rings. The predicted octanol–water partition coefficient (Wildman–Crippen LogP) is 4.79. The third kappa shape index (κ3) is 2.87. The van der Waals surface area contributed by atoms with Crippen LogP contribution in [0.4, 0.5) is 0 Å². The predicted molar refractivity (Wildman–Crippen MR) is 86.5 cm³/mol. The minimum Gasteiger partial charge on any atom is -0.438 e. The van der Waals surface area contributed by atoms with E-state index in [0.717, 1.165) is 19.2 Å². The summed E-state index contributed by atoms with van der Waals surface area (Å²) in [5.41, 5.74) is 0. The van der Waals surface area contributed by atoms with E-state index < -0.39 is 0 Å². The van der Waals surface area contributed by atoms with Crippen LogP contribution in [0.2, 0.25) is 0 Å². The summed E-state index contributed by atoms with van der Waals surface area (Å²) in [4.78, 5) is 8.06. The maximum absolute atomic E-state index is 5.78. The molecule has 1 aromatic heterocycles. The van der Waals surface area contributed by atoms with Crippen LogP contribution < -0.4 is 4.74 Å². The first-order valence-corrected chi connectivity index (χ1v) is 7.42. The second-order valence-electron chi connectivity index (χ2n) is 3.93. The van der Waals surface area contributed by atoms with Crippen molar-refractivity contribution >= 4 is 49.3 Å². The van der Waals surface area contributed by atoms with E-state index in [9.17, 15) is 0 Å². The zero-order valence-electron chi connectivity index (χ0n) is 9.68. The van der Waals surface area contributed by atoms with Gasteiger partial charge in [0.15, 0.2) is 0 Å². The summed E-state index contributed by atoms with van der Waals surface area (Å²) in [6, 6.07) is 12.1. The van der Waals surface area contributed by atoms with Gasteiger partial charge in [0.2, 0.25) is 5.88 Å². The van der Waals surface area contributed by atoms with Crippen molar-refractivity contribution in [1.29, 1.82) is 0 Å². The molecule has 0 amide bonds. The van der Waals surface area contributed by atoms with E-state index in [1.165, 1.54) is 11.7 Å². The monoisotopic (exact) mass is 426 g/mol. The fourth-order valence-corrected chi connectivity index (χ4v) is 2.54. The van der Waals surface area contributed by atoms with Gasteiger partial charge in [0, 0.05) is 10.7 Å². The van der Waals surface area contributed by atoms with Crippen LogP contribution in [0.3, 0.4) is 0 Å². The lowest BCUT2D eigenvalue weighted by Crippen LogP contribution is -1.91. The van der Waals surface area contributed by atoms with Crippen LogP contribution in [-0.2, 0) is 0 Å². The summed E-state index contributed by atoms with van der Waals surface area (Å²) in [6.45, 7) is 0. The van der Waals surface area contributed by atoms with E-state index in [0.29, 0.717) is 5.88 Å². The van der Waals surface area contributed by atoms with Crippen LogP contribution in [0.15, 0.2) is 53.4 Å². The van der Waals surface area contributed by atoms with Gasteiger partial charge in [0.1, 0.15) is 12.1 Å². The number of aromatic nitrogens is 2. The molecule has 94 valence electrons. The summed E-state index contributed by atoms with van der Waals surface area (Å²) >= 11 is 5.62. The van der Waals surface area contributed by atoms with Gasteiger partial charge in [-0.1, -0.05) is 28.1 Å². The number of rotatable bonds is 2. The van der Waals surface area contributed by atoms with Gasteiger partial charge in [-0.25, -0.2) is 9.97 Å². The molecule has 0 aliphatic carbocycles. The van der Waals surface area contributed by atoms with Crippen molar-refractivity contribution in [2.45, 2.75) is 0 Å². The first kappa shape index (κ1) is 12.8. The molecule has 0 unspecified atom stereocenters. The van der Waals surface area contributed by atoms with Crippen molar-refractivity contribution in [2.24, 2.45) is 0 Å². The Morgan fingerprint density at radius 2 is 1.84 bits per heavy atom. The lowest BCUT2D eigenvalue weighted by atomic mass is 10.1. The molecule has 0 fully saturated rings. The largest absolute Gasteiger partial charge is 0.438 e. The Balaban J connectivity index is 1.98. The molecule has 5 heteroatoms. The van der Waals surface area contributed by atoms with Gasteiger partial charge in [-0.3, -0.25) is 0 Å². The molecule has 0 saturated heterocycles. The highest BCUT2D eigenvalue weighted by Gasteiger charge is 2.04. The minimum atomic E-state index is 0.576. The summed E-state index contributed by atoms with van der Waals surface area (Å²) in [5, 5.41) is 2.30. The Morgan fingerprint density at radius 1 is 1.05 bits per heavy atom. The molecular weight excluding hydrogens is 419 g/mol. The van der Waals surface area contributed by atoms with Crippen LogP contribution in [-0.4, -0.2) is 9.97 Å². The fourth-order valence-electron chi connectivity index (χ4n) is 1.75. The zero-order chi connectivity index (χ0) is 13.2. The van der Waals surface area contributed by atoms with Gasteiger partial charge >= 0.3 is 0 Å². The van der Waals surface area contributed by atoms with Crippen molar-refractivity contribution in [1.82, 2.24) is 9.97 Å². The van der Waals surface area contributed by atoms with Crippen molar-refractivity contribution in [3.63, 3.8) is 0 Å². The molecule has 0 bridgehead atoms.